The molecule has 0 saturated heterocycles. The van der Waals surface area contributed by atoms with Crippen LogP contribution in [0.1, 0.15) is 31.1 Å². The molecular formula is C14H23N3O3S. The van der Waals surface area contributed by atoms with Crippen LogP contribution in [0.2, 0.25) is 0 Å². The minimum Gasteiger partial charge on any atom is -0.348 e. The summed E-state index contributed by atoms with van der Waals surface area (Å²) in [5.41, 5.74) is 5.75. The van der Waals surface area contributed by atoms with Crippen molar-refractivity contribution in [3.05, 3.63) is 29.8 Å². The van der Waals surface area contributed by atoms with E-state index in [-0.39, 0.29) is 22.9 Å². The van der Waals surface area contributed by atoms with Crippen LogP contribution in [0.4, 0.5) is 0 Å². The lowest BCUT2D eigenvalue weighted by Crippen LogP contribution is -2.38. The molecule has 0 fully saturated rings. The average Bonchev–Trinajstić information content (AvgIpc) is 2.46. The van der Waals surface area contributed by atoms with Gasteiger partial charge in [-0.2, -0.15) is 4.31 Å². The molecule has 0 spiro atoms. The molecule has 3 N–H and O–H groups in total. The van der Waals surface area contributed by atoms with Crippen LogP contribution in [0.15, 0.2) is 29.2 Å². The molecule has 1 atom stereocenters. The Balaban J connectivity index is 3.09. The third kappa shape index (κ3) is 4.26. The molecule has 1 rings (SSSR count). The van der Waals surface area contributed by atoms with Crippen molar-refractivity contribution in [3.8, 4) is 0 Å². The zero-order valence-electron chi connectivity index (χ0n) is 12.8. The Morgan fingerprint density at radius 1 is 1.33 bits per heavy atom. The van der Waals surface area contributed by atoms with E-state index in [2.05, 4.69) is 5.32 Å². The highest BCUT2D eigenvalue weighted by molar-refractivity contribution is 7.89. The van der Waals surface area contributed by atoms with Crippen molar-refractivity contribution in [2.45, 2.75) is 37.8 Å². The van der Waals surface area contributed by atoms with Gasteiger partial charge in [0.25, 0.3) is 5.91 Å². The van der Waals surface area contributed by atoms with Crippen molar-refractivity contribution < 1.29 is 13.2 Å². The predicted molar refractivity (Wildman–Crippen MR) is 82.5 cm³/mol. The molecule has 0 saturated carbocycles. The maximum Gasteiger partial charge on any atom is 0.251 e. The number of hydrogen-bond acceptors (Lipinski definition) is 4. The highest BCUT2D eigenvalue weighted by Gasteiger charge is 2.24. The van der Waals surface area contributed by atoms with Gasteiger partial charge in [-0.15, -0.1) is 0 Å². The van der Waals surface area contributed by atoms with E-state index in [1.165, 1.54) is 23.5 Å². The lowest BCUT2D eigenvalue weighted by molar-refractivity contribution is 0.0941. The lowest BCUT2D eigenvalue weighted by Gasteiger charge is -2.21. The second-order valence-electron chi connectivity index (χ2n) is 5.25. The first-order chi connectivity index (χ1) is 9.70. The lowest BCUT2D eigenvalue weighted by atomic mass is 10.2. The summed E-state index contributed by atoms with van der Waals surface area (Å²) in [5, 5.41) is 2.70. The molecule has 0 radical (unpaired) electrons. The molecule has 21 heavy (non-hydrogen) atoms. The number of carbonyl (C=O) groups is 1. The van der Waals surface area contributed by atoms with E-state index >= 15 is 0 Å². The van der Waals surface area contributed by atoms with Gasteiger partial charge in [-0.3, -0.25) is 4.79 Å². The molecule has 0 bridgehead atoms. The number of benzene rings is 1. The predicted octanol–water partition coefficient (Wildman–Crippen LogP) is 0.793. The summed E-state index contributed by atoms with van der Waals surface area (Å²) in [6.45, 7) is 5.68. The first-order valence-corrected chi connectivity index (χ1v) is 8.23. The molecule has 0 aliphatic carbocycles. The van der Waals surface area contributed by atoms with Gasteiger partial charge >= 0.3 is 0 Å². The van der Waals surface area contributed by atoms with Crippen LogP contribution in [0.3, 0.4) is 0 Å². The molecule has 118 valence electrons. The summed E-state index contributed by atoms with van der Waals surface area (Å²) < 4.78 is 26.1. The number of rotatable bonds is 6. The van der Waals surface area contributed by atoms with Gasteiger partial charge in [-0.05, 0) is 39.0 Å². The molecule has 1 aromatic carbocycles. The van der Waals surface area contributed by atoms with Gasteiger partial charge in [0, 0.05) is 31.2 Å². The summed E-state index contributed by atoms with van der Waals surface area (Å²) in [5.74, 6) is -0.336. The van der Waals surface area contributed by atoms with Crippen LogP contribution < -0.4 is 11.1 Å². The van der Waals surface area contributed by atoms with Gasteiger partial charge in [0.05, 0.1) is 4.90 Å². The van der Waals surface area contributed by atoms with Crippen LogP contribution in [0.25, 0.3) is 0 Å². The van der Waals surface area contributed by atoms with E-state index in [0.29, 0.717) is 12.1 Å². The molecule has 0 aliphatic rings. The molecule has 0 unspecified atom stereocenters. The maximum atomic E-state index is 12.4. The zero-order valence-corrected chi connectivity index (χ0v) is 13.6. The number of carbonyl (C=O) groups excluding carboxylic acids is 1. The van der Waals surface area contributed by atoms with Crippen LogP contribution in [-0.2, 0) is 10.0 Å². The van der Waals surface area contributed by atoms with Crippen molar-refractivity contribution in [2.75, 3.05) is 13.6 Å². The topological polar surface area (TPSA) is 92.5 Å². The summed E-state index contributed by atoms with van der Waals surface area (Å²) in [6, 6.07) is 5.67. The van der Waals surface area contributed by atoms with E-state index in [4.69, 9.17) is 5.73 Å². The van der Waals surface area contributed by atoms with Gasteiger partial charge in [0.2, 0.25) is 10.0 Å². The first kappa shape index (κ1) is 17.6. The van der Waals surface area contributed by atoms with E-state index in [0.717, 1.165) is 0 Å². The van der Waals surface area contributed by atoms with Gasteiger partial charge in [-0.25, -0.2) is 8.42 Å². The Hall–Kier alpha value is -1.44. The van der Waals surface area contributed by atoms with E-state index in [1.807, 2.05) is 0 Å². The van der Waals surface area contributed by atoms with Gasteiger partial charge in [0.15, 0.2) is 0 Å². The molecule has 0 aromatic heterocycles. The largest absolute Gasteiger partial charge is 0.348 e. The van der Waals surface area contributed by atoms with Crippen LogP contribution in [-0.4, -0.2) is 44.3 Å². The number of amides is 1. The van der Waals surface area contributed by atoms with Crippen molar-refractivity contribution in [1.29, 1.82) is 0 Å². The van der Waals surface area contributed by atoms with E-state index < -0.39 is 10.0 Å². The number of hydrogen-bond donors (Lipinski definition) is 2. The van der Waals surface area contributed by atoms with Crippen molar-refractivity contribution >= 4 is 15.9 Å². The number of nitrogens with zero attached hydrogens (tertiary/aromatic N) is 1. The Kier molecular flexibility index (Phi) is 5.88. The fraction of sp³-hybridized carbons (Fsp3) is 0.500. The Labute approximate surface area is 126 Å². The Morgan fingerprint density at radius 2 is 1.95 bits per heavy atom. The summed E-state index contributed by atoms with van der Waals surface area (Å²) >= 11 is 0. The van der Waals surface area contributed by atoms with Crippen LogP contribution in [0.5, 0.6) is 0 Å². The highest BCUT2D eigenvalue weighted by Crippen LogP contribution is 2.17. The quantitative estimate of drug-likeness (QED) is 0.812. The van der Waals surface area contributed by atoms with E-state index in [9.17, 15) is 13.2 Å². The van der Waals surface area contributed by atoms with Crippen molar-refractivity contribution in [1.82, 2.24) is 9.62 Å². The fourth-order valence-corrected chi connectivity index (χ4v) is 3.02. The standard InChI is InChI=1S/C14H23N3O3S/c1-10(2)17(4)21(19,20)13-7-5-6-12(8-13)14(18)16-11(3)9-15/h5-8,10-11H,9,15H2,1-4H3,(H,16,18)/t11-/m0/s1. The molecular weight excluding hydrogens is 290 g/mol. The third-order valence-electron chi connectivity index (χ3n) is 3.23. The summed E-state index contributed by atoms with van der Waals surface area (Å²) in [4.78, 5) is 12.1. The van der Waals surface area contributed by atoms with E-state index in [1.54, 1.807) is 32.9 Å². The monoisotopic (exact) mass is 313 g/mol. The molecule has 7 heteroatoms. The van der Waals surface area contributed by atoms with Crippen molar-refractivity contribution in [2.24, 2.45) is 5.73 Å². The Bertz CT molecular complexity index is 599. The minimum atomic E-state index is -3.60. The first-order valence-electron chi connectivity index (χ1n) is 6.79. The number of nitrogens with two attached hydrogens (primary N) is 1. The second-order valence-corrected chi connectivity index (χ2v) is 7.25. The second kappa shape index (κ2) is 7.02. The highest BCUT2D eigenvalue weighted by atomic mass is 32.2. The van der Waals surface area contributed by atoms with Gasteiger partial charge in [0.1, 0.15) is 0 Å². The van der Waals surface area contributed by atoms with Crippen LogP contribution in [0, 0.1) is 0 Å². The minimum absolute atomic E-state index is 0.103. The van der Waals surface area contributed by atoms with Crippen molar-refractivity contribution in [3.63, 3.8) is 0 Å². The third-order valence-corrected chi connectivity index (χ3v) is 5.26. The molecule has 0 aliphatic heterocycles. The summed E-state index contributed by atoms with van der Waals surface area (Å²) in [6.07, 6.45) is 0. The number of nitrogens with one attached hydrogen (secondary N) is 1. The zero-order chi connectivity index (χ0) is 16.2. The smallest absolute Gasteiger partial charge is 0.251 e. The molecule has 1 amide bonds. The molecule has 6 nitrogen and oxygen atoms in total. The average molecular weight is 313 g/mol. The number of sulfonamides is 1. The Morgan fingerprint density at radius 3 is 2.48 bits per heavy atom. The fourth-order valence-electron chi connectivity index (χ4n) is 1.61. The summed E-state index contributed by atoms with van der Waals surface area (Å²) in [7, 11) is -2.08. The normalized spacial score (nSPS) is 13.5. The molecule has 1 aromatic rings. The molecule has 0 heterocycles. The van der Waals surface area contributed by atoms with Gasteiger partial charge in [-0.1, -0.05) is 6.07 Å². The van der Waals surface area contributed by atoms with Crippen LogP contribution >= 0.6 is 0 Å². The SMILES string of the molecule is CC(C)N(C)S(=O)(=O)c1cccc(C(=O)N[C@@H](C)CN)c1. The maximum absolute atomic E-state index is 12.4. The van der Waals surface area contributed by atoms with Gasteiger partial charge < -0.3 is 11.1 Å².